The van der Waals surface area contributed by atoms with E-state index in [1.54, 1.807) is 0 Å². The molecule has 1 saturated heterocycles. The van der Waals surface area contributed by atoms with Gasteiger partial charge in [-0.05, 0) is 0 Å². The van der Waals surface area contributed by atoms with Crippen molar-refractivity contribution in [1.82, 2.24) is 15.1 Å². The van der Waals surface area contributed by atoms with Crippen molar-refractivity contribution in [3.63, 3.8) is 0 Å². The van der Waals surface area contributed by atoms with Gasteiger partial charge in [-0.3, -0.25) is 9.79 Å². The van der Waals surface area contributed by atoms with Crippen LogP contribution in [0.15, 0.2) is 4.99 Å². The Morgan fingerprint density at radius 1 is 1.41 bits per heavy atom. The molecule has 2 rings (SSSR count). The van der Waals surface area contributed by atoms with Gasteiger partial charge in [0.1, 0.15) is 0 Å². The van der Waals surface area contributed by atoms with Crippen LogP contribution in [0.25, 0.3) is 0 Å². The zero-order chi connectivity index (χ0) is 12.1. The van der Waals surface area contributed by atoms with Crippen LogP contribution in [0, 0.1) is 0 Å². The van der Waals surface area contributed by atoms with Crippen LogP contribution in [-0.4, -0.2) is 74.7 Å². The van der Waals surface area contributed by atoms with Crippen LogP contribution in [0.4, 0.5) is 0 Å². The fourth-order valence-corrected chi connectivity index (χ4v) is 1.98. The van der Waals surface area contributed by atoms with Gasteiger partial charge >= 0.3 is 0 Å². The van der Waals surface area contributed by atoms with E-state index in [2.05, 4.69) is 15.2 Å². The van der Waals surface area contributed by atoms with Crippen molar-refractivity contribution in [2.24, 2.45) is 4.99 Å². The summed E-state index contributed by atoms with van der Waals surface area (Å²) in [7, 11) is 2.00. The molecule has 0 saturated carbocycles. The lowest BCUT2D eigenvalue weighted by Crippen LogP contribution is -2.43. The maximum absolute atomic E-state index is 11.8. The average Bonchev–Trinajstić information content (AvgIpc) is 2.76. The molecule has 1 N–H and O–H groups in total. The molecule has 0 aromatic rings. The number of nitrogens with one attached hydrogen (secondary N) is 1. The summed E-state index contributed by atoms with van der Waals surface area (Å²) in [5.74, 6) is 1.10. The van der Waals surface area contributed by atoms with Gasteiger partial charge in [0.15, 0.2) is 5.96 Å². The fourth-order valence-electron chi connectivity index (χ4n) is 1.98. The molecule has 0 radical (unpaired) electrons. The Morgan fingerprint density at radius 3 is 2.82 bits per heavy atom. The first-order valence-electron chi connectivity index (χ1n) is 6.12. The third-order valence-corrected chi connectivity index (χ3v) is 3.04. The van der Waals surface area contributed by atoms with Crippen LogP contribution in [0.1, 0.15) is 6.42 Å². The van der Waals surface area contributed by atoms with E-state index in [-0.39, 0.29) is 5.91 Å². The van der Waals surface area contributed by atoms with Crippen molar-refractivity contribution in [3.8, 4) is 0 Å². The molecule has 0 aliphatic carbocycles. The number of likely N-dealkylation sites (N-methyl/N-ethyl adjacent to an activating group) is 1. The maximum atomic E-state index is 11.8. The van der Waals surface area contributed by atoms with Crippen molar-refractivity contribution >= 4 is 11.9 Å². The number of hydrogen-bond acceptors (Lipinski definition) is 5. The summed E-state index contributed by atoms with van der Waals surface area (Å²) >= 11 is 0. The minimum Gasteiger partial charge on any atom is -0.378 e. The molecule has 0 spiro atoms. The topological polar surface area (TPSA) is 57.2 Å². The van der Waals surface area contributed by atoms with E-state index in [4.69, 9.17) is 4.74 Å². The molecule has 0 atom stereocenters. The largest absolute Gasteiger partial charge is 0.378 e. The normalized spacial score (nSPS) is 20.4. The maximum Gasteiger partial charge on any atom is 0.224 e. The van der Waals surface area contributed by atoms with Crippen LogP contribution in [0.3, 0.4) is 0 Å². The van der Waals surface area contributed by atoms with Crippen molar-refractivity contribution in [2.45, 2.75) is 6.42 Å². The molecule has 1 fully saturated rings. The minimum absolute atomic E-state index is 0.196. The summed E-state index contributed by atoms with van der Waals surface area (Å²) in [6.45, 7) is 5.22. The third-order valence-electron chi connectivity index (χ3n) is 3.04. The second-order valence-electron chi connectivity index (χ2n) is 4.30. The van der Waals surface area contributed by atoms with E-state index in [9.17, 15) is 4.79 Å². The highest BCUT2D eigenvalue weighted by molar-refractivity contribution is 5.82. The molecular weight excluding hydrogens is 220 g/mol. The highest BCUT2D eigenvalue weighted by atomic mass is 16.5. The number of aliphatic imine (C=N–C) groups is 1. The van der Waals surface area contributed by atoms with E-state index in [0.717, 1.165) is 32.1 Å². The number of carbonyl (C=O) groups excluding carboxylic acids is 1. The summed E-state index contributed by atoms with van der Waals surface area (Å²) in [6.07, 6.45) is 0.521. The number of rotatable bonds is 3. The zero-order valence-corrected chi connectivity index (χ0v) is 10.3. The second kappa shape index (κ2) is 5.86. The zero-order valence-electron chi connectivity index (χ0n) is 10.3. The minimum atomic E-state index is 0.196. The molecule has 2 aliphatic rings. The van der Waals surface area contributed by atoms with Gasteiger partial charge in [0.05, 0.1) is 19.8 Å². The number of ether oxygens (including phenoxy) is 1. The van der Waals surface area contributed by atoms with E-state index < -0.39 is 0 Å². The lowest BCUT2D eigenvalue weighted by molar-refractivity contribution is -0.135. The Balaban J connectivity index is 1.65. The summed E-state index contributed by atoms with van der Waals surface area (Å²) in [6, 6.07) is 0. The number of hydrogen-bond donors (Lipinski definition) is 1. The Labute approximate surface area is 102 Å². The quantitative estimate of drug-likeness (QED) is 0.696. The standard InChI is InChI=1S/C11H20N4O2/c1-14-5-4-13-11(14)12-3-2-10(16)15-6-8-17-9-7-15/h2-9H2,1H3,(H,12,13). The van der Waals surface area contributed by atoms with Crippen LogP contribution >= 0.6 is 0 Å². The Morgan fingerprint density at radius 2 is 2.18 bits per heavy atom. The molecule has 6 nitrogen and oxygen atoms in total. The van der Waals surface area contributed by atoms with Crippen molar-refractivity contribution in [1.29, 1.82) is 0 Å². The van der Waals surface area contributed by atoms with Gasteiger partial charge in [-0.1, -0.05) is 0 Å². The van der Waals surface area contributed by atoms with Crippen LogP contribution in [0.5, 0.6) is 0 Å². The average molecular weight is 240 g/mol. The molecular formula is C11H20N4O2. The van der Waals surface area contributed by atoms with Gasteiger partial charge in [-0.15, -0.1) is 0 Å². The molecule has 2 aliphatic heterocycles. The summed E-state index contributed by atoms with van der Waals surface area (Å²) in [4.78, 5) is 20.1. The number of amides is 1. The lowest BCUT2D eigenvalue weighted by atomic mass is 10.3. The molecule has 0 bridgehead atoms. The highest BCUT2D eigenvalue weighted by Gasteiger charge is 2.17. The van der Waals surface area contributed by atoms with Gasteiger partial charge in [0.2, 0.25) is 5.91 Å². The first kappa shape index (κ1) is 12.2. The molecule has 0 unspecified atom stereocenters. The highest BCUT2D eigenvalue weighted by Crippen LogP contribution is 2.00. The van der Waals surface area contributed by atoms with Crippen LogP contribution in [0.2, 0.25) is 0 Å². The SMILES string of the molecule is CN1CCN=C1NCCC(=O)N1CCOCC1. The monoisotopic (exact) mass is 240 g/mol. The van der Waals surface area contributed by atoms with Gasteiger partial charge in [-0.2, -0.15) is 0 Å². The molecule has 96 valence electrons. The van der Waals surface area contributed by atoms with E-state index in [0.29, 0.717) is 26.2 Å². The molecule has 0 aromatic heterocycles. The molecule has 0 aromatic carbocycles. The van der Waals surface area contributed by atoms with E-state index in [1.165, 1.54) is 0 Å². The predicted octanol–water partition coefficient (Wildman–Crippen LogP) is -0.874. The van der Waals surface area contributed by atoms with Gasteiger partial charge in [0, 0.05) is 39.6 Å². The van der Waals surface area contributed by atoms with Crippen LogP contribution < -0.4 is 5.32 Å². The second-order valence-corrected chi connectivity index (χ2v) is 4.30. The molecule has 1 amide bonds. The van der Waals surface area contributed by atoms with E-state index in [1.807, 2.05) is 11.9 Å². The third kappa shape index (κ3) is 3.33. The van der Waals surface area contributed by atoms with Gasteiger partial charge < -0.3 is 19.9 Å². The van der Waals surface area contributed by atoms with Gasteiger partial charge in [0.25, 0.3) is 0 Å². The van der Waals surface area contributed by atoms with Crippen molar-refractivity contribution in [3.05, 3.63) is 0 Å². The molecule has 2 heterocycles. The molecule has 6 heteroatoms. The van der Waals surface area contributed by atoms with Crippen LogP contribution in [-0.2, 0) is 9.53 Å². The van der Waals surface area contributed by atoms with E-state index >= 15 is 0 Å². The van der Waals surface area contributed by atoms with Gasteiger partial charge in [-0.25, -0.2) is 0 Å². The lowest BCUT2D eigenvalue weighted by Gasteiger charge is -2.27. The summed E-state index contributed by atoms with van der Waals surface area (Å²) in [5, 5.41) is 3.20. The smallest absolute Gasteiger partial charge is 0.224 e. The molecule has 17 heavy (non-hydrogen) atoms. The Kier molecular flexibility index (Phi) is 4.19. The fraction of sp³-hybridized carbons (Fsp3) is 0.818. The number of guanidine groups is 1. The Hall–Kier alpha value is -1.30. The summed E-state index contributed by atoms with van der Waals surface area (Å²) in [5.41, 5.74) is 0. The summed E-state index contributed by atoms with van der Waals surface area (Å²) < 4.78 is 5.21. The number of morpholine rings is 1. The Bertz CT molecular complexity index is 300. The predicted molar refractivity (Wildman–Crippen MR) is 65.0 cm³/mol. The van der Waals surface area contributed by atoms with Crippen molar-refractivity contribution < 1.29 is 9.53 Å². The first-order chi connectivity index (χ1) is 8.27. The van der Waals surface area contributed by atoms with Crippen molar-refractivity contribution in [2.75, 3.05) is 53.0 Å². The number of nitrogens with zero attached hydrogens (tertiary/aromatic N) is 3. The number of carbonyl (C=O) groups is 1. The first-order valence-corrected chi connectivity index (χ1v) is 6.12.